The lowest BCUT2D eigenvalue weighted by molar-refractivity contribution is 0.321. The maximum atomic E-state index is 12.2. The lowest BCUT2D eigenvalue weighted by Crippen LogP contribution is -2.19. The Hall–Kier alpha value is -0.0500. The summed E-state index contributed by atoms with van der Waals surface area (Å²) >= 11 is 0. The molecule has 1 rings (SSSR count). The number of nitrogens with zero attached hydrogens (tertiary/aromatic N) is 1. The van der Waals surface area contributed by atoms with Crippen LogP contribution in [0.15, 0.2) is 4.36 Å². The smallest absolute Gasteiger partial charge is 0.0594 e. The molecule has 0 N–H and O–H groups in total. The fraction of sp³-hybridized carbons (Fsp3) is 1.00. The molecule has 15 heavy (non-hydrogen) atoms. The lowest BCUT2D eigenvalue weighted by Gasteiger charge is -2.25. The summed E-state index contributed by atoms with van der Waals surface area (Å²) in [6, 6.07) is 0.389. The van der Waals surface area contributed by atoms with Gasteiger partial charge in [0.1, 0.15) is 0 Å². The van der Waals surface area contributed by atoms with Gasteiger partial charge in [-0.3, -0.25) is 0 Å². The van der Waals surface area contributed by atoms with E-state index in [9.17, 15) is 4.21 Å². The zero-order valence-electron chi connectivity index (χ0n) is 10.4. The van der Waals surface area contributed by atoms with Gasteiger partial charge in [0.2, 0.25) is 0 Å². The fourth-order valence-corrected chi connectivity index (χ4v) is 3.74. The second kappa shape index (κ2) is 5.88. The summed E-state index contributed by atoms with van der Waals surface area (Å²) in [5.74, 6) is 2.34. The third-order valence-electron chi connectivity index (χ3n) is 3.64. The summed E-state index contributed by atoms with van der Waals surface area (Å²) in [7, 11) is -1.86. The first kappa shape index (κ1) is 13.0. The number of rotatable bonds is 4. The van der Waals surface area contributed by atoms with Crippen LogP contribution in [0.4, 0.5) is 0 Å². The highest BCUT2D eigenvalue weighted by molar-refractivity contribution is 7.93. The van der Waals surface area contributed by atoms with Crippen LogP contribution in [0.1, 0.15) is 52.9 Å². The number of hydrogen-bond acceptors (Lipinski definition) is 2. The first-order chi connectivity index (χ1) is 7.13. The first-order valence-electron chi connectivity index (χ1n) is 6.35. The molecule has 1 aliphatic rings. The summed E-state index contributed by atoms with van der Waals surface area (Å²) in [5, 5.41) is 0. The maximum absolute atomic E-state index is 12.2. The molecule has 90 valence electrons. The minimum Gasteiger partial charge on any atom is -0.250 e. The first-order valence-corrected chi connectivity index (χ1v) is 8.20. The highest BCUT2D eigenvalue weighted by Crippen LogP contribution is 2.28. The Morgan fingerprint density at radius 3 is 2.00 bits per heavy atom. The van der Waals surface area contributed by atoms with Gasteiger partial charge >= 0.3 is 0 Å². The molecular formula is C12H25NOS. The zero-order chi connectivity index (χ0) is 11.3. The van der Waals surface area contributed by atoms with Crippen molar-refractivity contribution < 1.29 is 4.21 Å². The van der Waals surface area contributed by atoms with Crippen molar-refractivity contribution in [3.63, 3.8) is 0 Å². The minimum absolute atomic E-state index is 0.389. The molecule has 3 heteroatoms. The van der Waals surface area contributed by atoms with Crippen LogP contribution in [-0.2, 0) is 9.73 Å². The fourth-order valence-electron chi connectivity index (χ4n) is 2.28. The molecule has 0 saturated heterocycles. The molecule has 0 bridgehead atoms. The third kappa shape index (κ3) is 3.78. The van der Waals surface area contributed by atoms with Gasteiger partial charge in [-0.25, -0.2) is 8.57 Å². The molecule has 1 fully saturated rings. The lowest BCUT2D eigenvalue weighted by atomic mass is 9.85. The standard InChI is InChI=1S/C12H25NOS/c1-4-11-7-9-12(10-8-11)13-15(14,5-2)6-3/h11-12H,4-10H2,1-3H3. The molecule has 0 amide bonds. The van der Waals surface area contributed by atoms with E-state index >= 15 is 0 Å². The van der Waals surface area contributed by atoms with E-state index in [2.05, 4.69) is 11.3 Å². The normalized spacial score (nSPS) is 27.7. The summed E-state index contributed by atoms with van der Waals surface area (Å²) in [6.45, 7) is 6.25. The van der Waals surface area contributed by atoms with E-state index in [1.165, 1.54) is 19.3 Å². The van der Waals surface area contributed by atoms with E-state index in [4.69, 9.17) is 0 Å². The van der Waals surface area contributed by atoms with Crippen LogP contribution in [0.2, 0.25) is 0 Å². The molecule has 0 unspecified atom stereocenters. The van der Waals surface area contributed by atoms with Gasteiger partial charge in [-0.05, 0) is 31.6 Å². The van der Waals surface area contributed by atoms with Gasteiger partial charge in [0.25, 0.3) is 0 Å². The van der Waals surface area contributed by atoms with E-state index in [0.717, 1.165) is 30.3 Å². The van der Waals surface area contributed by atoms with Crippen molar-refractivity contribution in [3.05, 3.63) is 0 Å². The van der Waals surface area contributed by atoms with Gasteiger partial charge in [0.05, 0.1) is 6.04 Å². The molecule has 1 aliphatic carbocycles. The Kier molecular flexibility index (Phi) is 5.10. The van der Waals surface area contributed by atoms with E-state index < -0.39 is 9.73 Å². The van der Waals surface area contributed by atoms with E-state index in [1.807, 2.05) is 13.8 Å². The predicted molar refractivity (Wildman–Crippen MR) is 67.7 cm³/mol. The minimum atomic E-state index is -1.86. The van der Waals surface area contributed by atoms with Crippen LogP contribution in [0.3, 0.4) is 0 Å². The maximum Gasteiger partial charge on any atom is 0.0594 e. The summed E-state index contributed by atoms with van der Waals surface area (Å²) < 4.78 is 16.8. The summed E-state index contributed by atoms with van der Waals surface area (Å²) in [5.41, 5.74) is 0. The van der Waals surface area contributed by atoms with Crippen molar-refractivity contribution in [2.24, 2.45) is 10.3 Å². The van der Waals surface area contributed by atoms with Crippen molar-refractivity contribution in [2.45, 2.75) is 58.9 Å². The van der Waals surface area contributed by atoms with Gasteiger partial charge < -0.3 is 0 Å². The van der Waals surface area contributed by atoms with E-state index in [1.54, 1.807) is 0 Å². The van der Waals surface area contributed by atoms with E-state index in [0.29, 0.717) is 6.04 Å². The van der Waals surface area contributed by atoms with Gasteiger partial charge in [0, 0.05) is 21.2 Å². The highest BCUT2D eigenvalue weighted by Gasteiger charge is 2.20. The molecule has 0 radical (unpaired) electrons. The van der Waals surface area contributed by atoms with Gasteiger partial charge in [0.15, 0.2) is 0 Å². The average Bonchev–Trinajstić information content (AvgIpc) is 2.30. The molecular weight excluding hydrogens is 206 g/mol. The molecule has 0 aromatic heterocycles. The van der Waals surface area contributed by atoms with Crippen molar-refractivity contribution in [2.75, 3.05) is 11.5 Å². The van der Waals surface area contributed by atoms with Gasteiger partial charge in [-0.15, -0.1) is 0 Å². The summed E-state index contributed by atoms with van der Waals surface area (Å²) in [6.07, 6.45) is 6.19. The second-order valence-electron chi connectivity index (χ2n) is 4.54. The highest BCUT2D eigenvalue weighted by atomic mass is 32.2. The largest absolute Gasteiger partial charge is 0.250 e. The van der Waals surface area contributed by atoms with Gasteiger partial charge in [-0.1, -0.05) is 27.2 Å². The van der Waals surface area contributed by atoms with Crippen molar-refractivity contribution in [1.29, 1.82) is 0 Å². The van der Waals surface area contributed by atoms with Crippen LogP contribution >= 0.6 is 0 Å². The third-order valence-corrected chi connectivity index (χ3v) is 6.12. The van der Waals surface area contributed by atoms with Crippen LogP contribution in [0, 0.1) is 5.92 Å². The Morgan fingerprint density at radius 2 is 1.60 bits per heavy atom. The zero-order valence-corrected chi connectivity index (χ0v) is 11.2. The van der Waals surface area contributed by atoms with Crippen molar-refractivity contribution in [3.8, 4) is 0 Å². The molecule has 2 nitrogen and oxygen atoms in total. The predicted octanol–water partition coefficient (Wildman–Crippen LogP) is 3.46. The van der Waals surface area contributed by atoms with Crippen LogP contribution in [0.25, 0.3) is 0 Å². The van der Waals surface area contributed by atoms with Crippen LogP contribution in [-0.4, -0.2) is 21.8 Å². The Morgan fingerprint density at radius 1 is 1.07 bits per heavy atom. The molecule has 0 aromatic rings. The molecule has 0 aromatic carbocycles. The SMILES string of the molecule is CCC1CCC(N=S(=O)(CC)CC)CC1. The molecule has 0 heterocycles. The van der Waals surface area contributed by atoms with Crippen molar-refractivity contribution in [1.82, 2.24) is 0 Å². The van der Waals surface area contributed by atoms with Crippen LogP contribution in [0.5, 0.6) is 0 Å². The Labute approximate surface area is 95.0 Å². The summed E-state index contributed by atoms with van der Waals surface area (Å²) in [4.78, 5) is 0. The molecule has 0 aliphatic heterocycles. The average molecular weight is 231 g/mol. The Balaban J connectivity index is 2.57. The molecule has 0 spiro atoms. The second-order valence-corrected chi connectivity index (χ2v) is 7.45. The van der Waals surface area contributed by atoms with Crippen LogP contribution < -0.4 is 0 Å². The van der Waals surface area contributed by atoms with Crippen molar-refractivity contribution >= 4 is 9.73 Å². The number of hydrogen-bond donors (Lipinski definition) is 0. The van der Waals surface area contributed by atoms with Gasteiger partial charge in [-0.2, -0.15) is 0 Å². The molecule has 0 atom stereocenters. The quantitative estimate of drug-likeness (QED) is 0.728. The van der Waals surface area contributed by atoms with E-state index in [-0.39, 0.29) is 0 Å². The Bertz CT molecular complexity index is 274. The molecule has 1 saturated carbocycles. The topological polar surface area (TPSA) is 29.4 Å². The monoisotopic (exact) mass is 231 g/mol.